The zero-order valence-electron chi connectivity index (χ0n) is 10.2. The van der Waals surface area contributed by atoms with Crippen molar-refractivity contribution in [1.82, 2.24) is 14.5 Å². The van der Waals surface area contributed by atoms with Crippen molar-refractivity contribution in [3.63, 3.8) is 0 Å². The Hall–Kier alpha value is -2.63. The van der Waals surface area contributed by atoms with E-state index in [-0.39, 0.29) is 11.4 Å². The molecule has 3 rings (SSSR count). The van der Waals surface area contributed by atoms with E-state index < -0.39 is 0 Å². The molecule has 0 unspecified atom stereocenters. The Balaban J connectivity index is 2.42. The lowest BCUT2D eigenvalue weighted by Gasteiger charge is -2.01. The molecule has 0 aliphatic heterocycles. The summed E-state index contributed by atoms with van der Waals surface area (Å²) in [7, 11) is 1.60. The van der Waals surface area contributed by atoms with Crippen LogP contribution in [-0.4, -0.2) is 14.5 Å². The number of nitrogen functional groups attached to an aromatic ring is 1. The van der Waals surface area contributed by atoms with Gasteiger partial charge in [-0.05, 0) is 18.2 Å². The van der Waals surface area contributed by atoms with Crippen LogP contribution in [0, 0.1) is 5.82 Å². The maximum absolute atomic E-state index is 13.8. The Morgan fingerprint density at radius 2 is 1.95 bits per heavy atom. The number of aromatic nitrogens is 3. The van der Waals surface area contributed by atoms with Gasteiger partial charge in [0.2, 0.25) is 0 Å². The van der Waals surface area contributed by atoms with Gasteiger partial charge in [-0.3, -0.25) is 9.36 Å². The Labute approximate surface area is 107 Å². The first kappa shape index (κ1) is 11.5. The molecule has 96 valence electrons. The molecule has 6 heteroatoms. The van der Waals surface area contributed by atoms with E-state index in [1.807, 2.05) is 0 Å². The first-order chi connectivity index (χ1) is 9.09. The molecule has 0 aliphatic carbocycles. The first-order valence-electron chi connectivity index (χ1n) is 5.68. The molecule has 0 fully saturated rings. The molecule has 0 atom stereocenters. The normalized spacial score (nSPS) is 11.1. The Morgan fingerprint density at radius 3 is 2.68 bits per heavy atom. The van der Waals surface area contributed by atoms with E-state index in [1.165, 1.54) is 16.7 Å². The van der Waals surface area contributed by atoms with Gasteiger partial charge in [0.05, 0.1) is 0 Å². The van der Waals surface area contributed by atoms with Crippen molar-refractivity contribution < 1.29 is 4.39 Å². The number of rotatable bonds is 1. The summed E-state index contributed by atoms with van der Waals surface area (Å²) < 4.78 is 15.2. The van der Waals surface area contributed by atoms with E-state index in [1.54, 1.807) is 31.3 Å². The lowest BCUT2D eigenvalue weighted by atomic mass is 10.1. The fourth-order valence-corrected chi connectivity index (χ4v) is 2.15. The van der Waals surface area contributed by atoms with Crippen molar-refractivity contribution in [2.45, 2.75) is 0 Å². The summed E-state index contributed by atoms with van der Waals surface area (Å²) in [5.74, 6) is 5.38. The van der Waals surface area contributed by atoms with Gasteiger partial charge in [-0.25, -0.2) is 4.39 Å². The minimum Gasteiger partial charge on any atom is -0.321 e. The van der Waals surface area contributed by atoms with Crippen LogP contribution in [0.2, 0.25) is 0 Å². The summed E-state index contributed by atoms with van der Waals surface area (Å²) >= 11 is 0. The first-order valence-corrected chi connectivity index (χ1v) is 5.68. The quantitative estimate of drug-likeness (QED) is 0.668. The van der Waals surface area contributed by atoms with Crippen LogP contribution in [0.4, 0.5) is 4.39 Å². The zero-order chi connectivity index (χ0) is 13.6. The average molecular weight is 258 g/mol. The third kappa shape index (κ3) is 1.61. The minimum atomic E-state index is -0.378. The summed E-state index contributed by atoms with van der Waals surface area (Å²) in [6, 6.07) is 9.34. The highest BCUT2D eigenvalue weighted by molar-refractivity contribution is 5.91. The fraction of sp³-hybridized carbons (Fsp3) is 0.0769. The molecule has 3 aromatic rings. The van der Waals surface area contributed by atoms with Crippen molar-refractivity contribution in [1.29, 1.82) is 0 Å². The van der Waals surface area contributed by atoms with Crippen LogP contribution in [0.3, 0.4) is 0 Å². The van der Waals surface area contributed by atoms with Crippen LogP contribution in [-0.2, 0) is 7.05 Å². The van der Waals surface area contributed by atoms with Crippen LogP contribution < -0.4 is 11.4 Å². The highest BCUT2D eigenvalue weighted by Crippen LogP contribution is 2.27. The standard InChI is InChI=1S/C13H11FN4O/c1-17-11(19)7-6-9-12(16-18(15)13(9)17)8-4-2-3-5-10(8)14/h2-7H,15H2,1H3. The van der Waals surface area contributed by atoms with E-state index in [9.17, 15) is 9.18 Å². The largest absolute Gasteiger partial charge is 0.321 e. The van der Waals surface area contributed by atoms with Gasteiger partial charge in [-0.1, -0.05) is 12.1 Å². The van der Waals surface area contributed by atoms with Crippen molar-refractivity contribution in [3.05, 3.63) is 52.6 Å². The number of nitrogens with zero attached hydrogens (tertiary/aromatic N) is 3. The highest BCUT2D eigenvalue weighted by atomic mass is 19.1. The number of aryl methyl sites for hydroxylation is 1. The van der Waals surface area contributed by atoms with Crippen LogP contribution in [0.1, 0.15) is 0 Å². The Kier molecular flexibility index (Phi) is 2.38. The van der Waals surface area contributed by atoms with Crippen molar-refractivity contribution in [2.75, 3.05) is 5.84 Å². The van der Waals surface area contributed by atoms with Gasteiger partial charge in [0, 0.05) is 24.1 Å². The molecular weight excluding hydrogens is 247 g/mol. The minimum absolute atomic E-state index is 0.195. The molecule has 0 saturated heterocycles. The lowest BCUT2D eigenvalue weighted by Crippen LogP contribution is -2.20. The van der Waals surface area contributed by atoms with Gasteiger partial charge in [-0.2, -0.15) is 4.79 Å². The van der Waals surface area contributed by atoms with E-state index in [4.69, 9.17) is 5.84 Å². The van der Waals surface area contributed by atoms with Crippen LogP contribution in [0.25, 0.3) is 22.3 Å². The van der Waals surface area contributed by atoms with Crippen molar-refractivity contribution in [3.8, 4) is 11.3 Å². The number of nitrogens with two attached hydrogens (primary N) is 1. The molecule has 2 heterocycles. The number of hydrogen-bond acceptors (Lipinski definition) is 3. The molecular formula is C13H11FN4O. The number of fused-ring (bicyclic) bond motifs is 1. The summed E-state index contributed by atoms with van der Waals surface area (Å²) in [5.41, 5.74) is 1.03. The lowest BCUT2D eigenvalue weighted by molar-refractivity contribution is 0.630. The smallest absolute Gasteiger partial charge is 0.251 e. The average Bonchev–Trinajstić information content (AvgIpc) is 2.72. The van der Waals surface area contributed by atoms with Gasteiger partial charge >= 0.3 is 0 Å². The van der Waals surface area contributed by atoms with Crippen LogP contribution >= 0.6 is 0 Å². The molecule has 0 spiro atoms. The Bertz CT molecular complexity index is 834. The third-order valence-electron chi connectivity index (χ3n) is 3.09. The van der Waals surface area contributed by atoms with E-state index in [2.05, 4.69) is 5.10 Å². The summed E-state index contributed by atoms with van der Waals surface area (Å²) in [4.78, 5) is 12.7. The maximum Gasteiger partial charge on any atom is 0.251 e. The second-order valence-corrected chi connectivity index (χ2v) is 4.24. The van der Waals surface area contributed by atoms with Crippen LogP contribution in [0.15, 0.2) is 41.2 Å². The van der Waals surface area contributed by atoms with Gasteiger partial charge in [0.1, 0.15) is 11.5 Å². The van der Waals surface area contributed by atoms with E-state index in [0.717, 1.165) is 4.79 Å². The van der Waals surface area contributed by atoms with Gasteiger partial charge in [0.25, 0.3) is 5.56 Å². The number of pyridine rings is 1. The molecule has 0 aliphatic rings. The number of benzene rings is 1. The molecule has 5 nitrogen and oxygen atoms in total. The second-order valence-electron chi connectivity index (χ2n) is 4.24. The molecule has 19 heavy (non-hydrogen) atoms. The maximum atomic E-state index is 13.8. The van der Waals surface area contributed by atoms with Crippen molar-refractivity contribution in [2.24, 2.45) is 7.05 Å². The third-order valence-corrected chi connectivity index (χ3v) is 3.09. The van der Waals surface area contributed by atoms with Gasteiger partial charge in [-0.15, -0.1) is 5.10 Å². The Morgan fingerprint density at radius 1 is 1.21 bits per heavy atom. The fourth-order valence-electron chi connectivity index (χ4n) is 2.15. The molecule has 0 radical (unpaired) electrons. The zero-order valence-corrected chi connectivity index (χ0v) is 10.2. The van der Waals surface area contributed by atoms with E-state index >= 15 is 0 Å². The second kappa shape index (κ2) is 3.94. The van der Waals surface area contributed by atoms with Crippen molar-refractivity contribution >= 4 is 11.0 Å². The summed E-state index contributed by atoms with van der Waals surface area (Å²) in [5, 5.41) is 4.75. The molecule has 2 aromatic heterocycles. The summed E-state index contributed by atoms with van der Waals surface area (Å²) in [6.07, 6.45) is 0. The predicted octanol–water partition coefficient (Wildman–Crippen LogP) is 1.25. The van der Waals surface area contributed by atoms with Gasteiger partial charge in [0.15, 0.2) is 5.65 Å². The molecule has 1 aromatic carbocycles. The number of hydrogen-bond donors (Lipinski definition) is 1. The monoisotopic (exact) mass is 258 g/mol. The molecule has 0 saturated carbocycles. The van der Waals surface area contributed by atoms with Gasteiger partial charge < -0.3 is 5.84 Å². The molecule has 0 bridgehead atoms. The predicted molar refractivity (Wildman–Crippen MR) is 70.5 cm³/mol. The highest BCUT2D eigenvalue weighted by Gasteiger charge is 2.16. The number of halogens is 1. The topological polar surface area (TPSA) is 65.8 Å². The van der Waals surface area contributed by atoms with Crippen LogP contribution in [0.5, 0.6) is 0 Å². The molecule has 0 amide bonds. The summed E-state index contributed by atoms with van der Waals surface area (Å²) in [6.45, 7) is 0. The SMILES string of the molecule is Cn1c(=O)ccc2c(-c3ccccc3F)nn(N)c21. The van der Waals surface area contributed by atoms with E-state index in [0.29, 0.717) is 22.3 Å². The molecule has 2 N–H and O–H groups in total.